The average Bonchev–Trinajstić information content (AvgIpc) is 3.29. The summed E-state index contributed by atoms with van der Waals surface area (Å²) in [6, 6.07) is 14.4. The van der Waals surface area contributed by atoms with Gasteiger partial charge in [0.25, 0.3) is 0 Å². The van der Waals surface area contributed by atoms with E-state index in [0.29, 0.717) is 24.7 Å². The molecule has 1 fully saturated rings. The highest BCUT2D eigenvalue weighted by molar-refractivity contribution is 7.89. The maximum atomic E-state index is 12.7. The van der Waals surface area contributed by atoms with E-state index < -0.39 is 10.0 Å². The van der Waals surface area contributed by atoms with E-state index in [-0.39, 0.29) is 17.0 Å². The molecule has 8 heteroatoms. The fraction of sp³-hybridized carbons (Fsp3) is 0.333. The Balaban J connectivity index is 1.47. The van der Waals surface area contributed by atoms with Gasteiger partial charge in [-0.25, -0.2) is 13.1 Å². The van der Waals surface area contributed by atoms with Crippen molar-refractivity contribution >= 4 is 10.0 Å². The monoisotopic (exact) mass is 412 g/mol. The number of sulfonamides is 1. The summed E-state index contributed by atoms with van der Waals surface area (Å²) in [6.45, 7) is 4.52. The smallest absolute Gasteiger partial charge is 0.244 e. The zero-order valence-electron chi connectivity index (χ0n) is 16.7. The van der Waals surface area contributed by atoms with Crippen LogP contribution in [0.4, 0.5) is 0 Å². The molecule has 152 valence electrons. The molecular formula is C21H24N4O3S. The molecule has 4 rings (SSSR count). The lowest BCUT2D eigenvalue weighted by molar-refractivity contribution is 0.244. The number of aromatic nitrogens is 2. The van der Waals surface area contributed by atoms with Gasteiger partial charge < -0.3 is 4.52 Å². The number of likely N-dealkylation sites (N-methyl/N-ethyl adjacent to an activating group) is 1. The molecule has 2 aromatic carbocycles. The second kappa shape index (κ2) is 7.70. The molecule has 7 nitrogen and oxygen atoms in total. The van der Waals surface area contributed by atoms with E-state index >= 15 is 0 Å². The number of hydrogen-bond donors (Lipinski definition) is 1. The van der Waals surface area contributed by atoms with Crippen LogP contribution in [0.5, 0.6) is 0 Å². The van der Waals surface area contributed by atoms with Gasteiger partial charge in [-0.1, -0.05) is 52.7 Å². The minimum Gasteiger partial charge on any atom is -0.337 e. The van der Waals surface area contributed by atoms with Gasteiger partial charge in [0, 0.05) is 18.2 Å². The Hall–Kier alpha value is -2.55. The Kier molecular flexibility index (Phi) is 5.24. The van der Waals surface area contributed by atoms with Gasteiger partial charge in [-0.15, -0.1) is 0 Å². The summed E-state index contributed by atoms with van der Waals surface area (Å²) in [5.41, 5.74) is 3.07. The van der Waals surface area contributed by atoms with Crippen LogP contribution in [0.2, 0.25) is 0 Å². The average molecular weight is 413 g/mol. The van der Waals surface area contributed by atoms with E-state index in [1.165, 1.54) is 0 Å². The first-order valence-electron chi connectivity index (χ1n) is 9.52. The van der Waals surface area contributed by atoms with Crippen LogP contribution in [-0.4, -0.2) is 43.1 Å². The molecule has 1 N–H and O–H groups in total. The summed E-state index contributed by atoms with van der Waals surface area (Å²) in [5.74, 6) is 1.04. The van der Waals surface area contributed by atoms with E-state index in [4.69, 9.17) is 4.52 Å². The van der Waals surface area contributed by atoms with Gasteiger partial charge in [-0.05, 0) is 39.4 Å². The van der Waals surface area contributed by atoms with Crippen LogP contribution < -0.4 is 4.72 Å². The van der Waals surface area contributed by atoms with Gasteiger partial charge in [0.2, 0.25) is 21.7 Å². The Morgan fingerprint density at radius 3 is 2.31 bits per heavy atom. The first-order valence-corrected chi connectivity index (χ1v) is 11.0. The molecular weight excluding hydrogens is 388 g/mol. The van der Waals surface area contributed by atoms with Gasteiger partial charge in [-0.3, -0.25) is 4.90 Å². The normalized spacial score (nSPS) is 20.2. The van der Waals surface area contributed by atoms with Crippen molar-refractivity contribution in [3.8, 4) is 11.4 Å². The van der Waals surface area contributed by atoms with Crippen molar-refractivity contribution in [3.05, 3.63) is 65.5 Å². The highest BCUT2D eigenvalue weighted by Crippen LogP contribution is 2.31. The first kappa shape index (κ1) is 19.8. The van der Waals surface area contributed by atoms with Crippen molar-refractivity contribution in [2.45, 2.75) is 37.2 Å². The molecule has 2 heterocycles. The largest absolute Gasteiger partial charge is 0.337 e. The Morgan fingerprint density at radius 2 is 1.66 bits per heavy atom. The predicted octanol–water partition coefficient (Wildman–Crippen LogP) is 3.08. The SMILES string of the molecule is Cc1ccc(-c2noc([C@@H]3C[C@H](NS(=O)(=O)c4ccc(C)cc4)CN3C)n2)cc1. The molecule has 3 aromatic rings. The molecule has 0 bridgehead atoms. The van der Waals surface area contributed by atoms with E-state index in [1.54, 1.807) is 24.3 Å². The molecule has 0 saturated carbocycles. The van der Waals surface area contributed by atoms with Gasteiger partial charge in [-0.2, -0.15) is 4.98 Å². The first-order chi connectivity index (χ1) is 13.8. The minimum absolute atomic E-state index is 0.132. The summed E-state index contributed by atoms with van der Waals surface area (Å²) in [5, 5.41) is 4.10. The van der Waals surface area contributed by atoms with Crippen LogP contribution in [-0.2, 0) is 10.0 Å². The lowest BCUT2D eigenvalue weighted by Crippen LogP contribution is -2.36. The van der Waals surface area contributed by atoms with Crippen LogP contribution in [0, 0.1) is 13.8 Å². The highest BCUT2D eigenvalue weighted by atomic mass is 32.2. The second-order valence-corrected chi connectivity index (χ2v) is 9.36. The zero-order chi connectivity index (χ0) is 20.6. The van der Waals surface area contributed by atoms with Crippen LogP contribution in [0.15, 0.2) is 57.9 Å². The molecule has 0 aliphatic carbocycles. The van der Waals surface area contributed by atoms with E-state index in [9.17, 15) is 8.42 Å². The predicted molar refractivity (Wildman–Crippen MR) is 110 cm³/mol. The number of nitrogens with zero attached hydrogens (tertiary/aromatic N) is 3. The molecule has 1 aliphatic heterocycles. The van der Waals surface area contributed by atoms with Crippen molar-refractivity contribution < 1.29 is 12.9 Å². The number of rotatable bonds is 5. The van der Waals surface area contributed by atoms with Crippen molar-refractivity contribution in [3.63, 3.8) is 0 Å². The standard InChI is InChI=1S/C21H24N4O3S/c1-14-4-8-16(9-5-14)20-22-21(28-23-20)19-12-17(13-25(19)3)24-29(26,27)18-10-6-15(2)7-11-18/h4-11,17,19,24H,12-13H2,1-3H3/t17-,19-/m0/s1. The number of aryl methyl sites for hydroxylation is 2. The third kappa shape index (κ3) is 4.24. The fourth-order valence-electron chi connectivity index (χ4n) is 3.57. The number of likely N-dealkylation sites (tertiary alicyclic amines) is 1. The number of hydrogen-bond acceptors (Lipinski definition) is 6. The number of benzene rings is 2. The molecule has 1 aromatic heterocycles. The molecule has 1 saturated heterocycles. The summed E-state index contributed by atoms with van der Waals surface area (Å²) in [6.07, 6.45) is 0.567. The molecule has 2 atom stereocenters. The van der Waals surface area contributed by atoms with E-state index in [0.717, 1.165) is 16.7 Å². The van der Waals surface area contributed by atoms with Crippen molar-refractivity contribution in [2.75, 3.05) is 13.6 Å². The molecule has 0 radical (unpaired) electrons. The molecule has 29 heavy (non-hydrogen) atoms. The van der Waals surface area contributed by atoms with Gasteiger partial charge in [0.1, 0.15) is 0 Å². The van der Waals surface area contributed by atoms with E-state index in [2.05, 4.69) is 14.9 Å². The maximum absolute atomic E-state index is 12.7. The van der Waals surface area contributed by atoms with Gasteiger partial charge in [0.05, 0.1) is 10.9 Å². The van der Waals surface area contributed by atoms with Gasteiger partial charge >= 0.3 is 0 Å². The summed E-state index contributed by atoms with van der Waals surface area (Å²) in [4.78, 5) is 6.85. The quantitative estimate of drug-likeness (QED) is 0.693. The molecule has 0 unspecified atom stereocenters. The summed E-state index contributed by atoms with van der Waals surface area (Å²) in [7, 11) is -1.64. The zero-order valence-corrected chi connectivity index (χ0v) is 17.5. The van der Waals surface area contributed by atoms with Crippen LogP contribution in [0.25, 0.3) is 11.4 Å². The van der Waals surface area contributed by atoms with Crippen LogP contribution in [0.3, 0.4) is 0 Å². The Bertz CT molecular complexity index is 1090. The Morgan fingerprint density at radius 1 is 1.03 bits per heavy atom. The lowest BCUT2D eigenvalue weighted by atomic mass is 10.1. The topological polar surface area (TPSA) is 88.3 Å². The van der Waals surface area contributed by atoms with Crippen LogP contribution in [0.1, 0.15) is 29.5 Å². The molecule has 0 amide bonds. The third-order valence-electron chi connectivity index (χ3n) is 5.24. The van der Waals surface area contributed by atoms with Crippen LogP contribution >= 0.6 is 0 Å². The summed E-state index contributed by atoms with van der Waals surface area (Å²) < 4.78 is 33.7. The third-order valence-corrected chi connectivity index (χ3v) is 6.77. The van der Waals surface area contributed by atoms with Gasteiger partial charge in [0.15, 0.2) is 0 Å². The molecule has 0 spiro atoms. The van der Waals surface area contributed by atoms with E-state index in [1.807, 2.05) is 50.1 Å². The van der Waals surface area contributed by atoms with Crippen molar-refractivity contribution in [2.24, 2.45) is 0 Å². The highest BCUT2D eigenvalue weighted by Gasteiger charge is 2.36. The van der Waals surface area contributed by atoms with Crippen molar-refractivity contribution in [1.82, 2.24) is 19.8 Å². The maximum Gasteiger partial charge on any atom is 0.244 e. The lowest BCUT2D eigenvalue weighted by Gasteiger charge is -2.14. The summed E-state index contributed by atoms with van der Waals surface area (Å²) >= 11 is 0. The second-order valence-electron chi connectivity index (χ2n) is 7.64. The number of nitrogens with one attached hydrogen (secondary N) is 1. The Labute approximate surface area is 170 Å². The van der Waals surface area contributed by atoms with Crippen molar-refractivity contribution in [1.29, 1.82) is 0 Å². The fourth-order valence-corrected chi connectivity index (χ4v) is 4.81. The minimum atomic E-state index is -3.57. The molecule has 1 aliphatic rings.